The third-order valence-corrected chi connectivity index (χ3v) is 5.40. The van der Waals surface area contributed by atoms with Gasteiger partial charge < -0.3 is 14.5 Å². The maximum absolute atomic E-state index is 12.5. The maximum Gasteiger partial charge on any atom is 0.230 e. The average molecular weight is 366 g/mol. The Bertz CT molecular complexity index is 1130. The molecule has 1 amide bonds. The molecule has 6 heteroatoms. The molecule has 4 aromatic rings. The minimum Gasteiger partial charge on any atom is -0.497 e. The number of aromatic nitrogens is 1. The normalized spacial score (nSPS) is 11.2. The molecule has 2 heterocycles. The third-order valence-electron chi connectivity index (χ3n) is 4.46. The van der Waals surface area contributed by atoms with E-state index in [1.54, 1.807) is 13.4 Å². The lowest BCUT2D eigenvalue weighted by atomic mass is 10.0. The number of aryl methyl sites for hydroxylation is 2. The van der Waals surface area contributed by atoms with E-state index in [0.717, 1.165) is 32.5 Å². The van der Waals surface area contributed by atoms with Crippen molar-refractivity contribution in [3.8, 4) is 5.75 Å². The van der Waals surface area contributed by atoms with Crippen molar-refractivity contribution in [2.24, 2.45) is 0 Å². The molecule has 1 N–H and O–H groups in total. The molecule has 2 aromatic heterocycles. The van der Waals surface area contributed by atoms with Crippen LogP contribution in [0, 0.1) is 13.8 Å². The highest BCUT2D eigenvalue weighted by Crippen LogP contribution is 2.30. The summed E-state index contributed by atoms with van der Waals surface area (Å²) in [4.78, 5) is 16.9. The van der Waals surface area contributed by atoms with Gasteiger partial charge in [0, 0.05) is 10.9 Å². The van der Waals surface area contributed by atoms with E-state index in [-0.39, 0.29) is 12.3 Å². The monoisotopic (exact) mass is 366 g/mol. The molecule has 0 saturated carbocycles. The van der Waals surface area contributed by atoms with Crippen LogP contribution in [-0.2, 0) is 11.2 Å². The van der Waals surface area contributed by atoms with Gasteiger partial charge in [0.05, 0.1) is 30.0 Å². The van der Waals surface area contributed by atoms with Crippen LogP contribution in [-0.4, -0.2) is 18.0 Å². The van der Waals surface area contributed by atoms with E-state index in [9.17, 15) is 4.79 Å². The molecule has 0 aliphatic heterocycles. The molecule has 0 atom stereocenters. The van der Waals surface area contributed by atoms with Crippen molar-refractivity contribution < 1.29 is 13.9 Å². The molecule has 0 unspecified atom stereocenters. The zero-order valence-corrected chi connectivity index (χ0v) is 15.6. The summed E-state index contributed by atoms with van der Waals surface area (Å²) in [5.41, 5.74) is 4.88. The molecule has 0 saturated heterocycles. The van der Waals surface area contributed by atoms with Crippen molar-refractivity contribution in [1.29, 1.82) is 0 Å². The van der Waals surface area contributed by atoms with Gasteiger partial charge in [0.15, 0.2) is 5.13 Å². The number of nitrogens with one attached hydrogen (secondary N) is 1. The summed E-state index contributed by atoms with van der Waals surface area (Å²) in [6.45, 7) is 4.10. The van der Waals surface area contributed by atoms with Crippen LogP contribution in [0.3, 0.4) is 0 Å². The van der Waals surface area contributed by atoms with Crippen LogP contribution < -0.4 is 10.1 Å². The predicted octanol–water partition coefficient (Wildman–Crippen LogP) is 4.85. The Balaban J connectivity index is 1.55. The number of ether oxygens (including phenoxy) is 1. The summed E-state index contributed by atoms with van der Waals surface area (Å²) in [6.07, 6.45) is 1.90. The molecule has 26 heavy (non-hydrogen) atoms. The van der Waals surface area contributed by atoms with Crippen molar-refractivity contribution in [3.63, 3.8) is 0 Å². The average Bonchev–Trinajstić information content (AvgIpc) is 3.18. The van der Waals surface area contributed by atoms with E-state index in [0.29, 0.717) is 5.13 Å². The Morgan fingerprint density at radius 2 is 2.04 bits per heavy atom. The van der Waals surface area contributed by atoms with Crippen molar-refractivity contribution in [2.45, 2.75) is 20.3 Å². The quantitative estimate of drug-likeness (QED) is 0.561. The SMILES string of the molecule is COc1ccc2nc(NC(=O)Cc3coc4cc(C)c(C)cc34)sc2c1. The van der Waals surface area contributed by atoms with Crippen molar-refractivity contribution in [3.05, 3.63) is 53.3 Å². The summed E-state index contributed by atoms with van der Waals surface area (Å²) in [5.74, 6) is 0.659. The molecular formula is C20H18N2O3S. The maximum atomic E-state index is 12.5. The fourth-order valence-electron chi connectivity index (χ4n) is 2.89. The van der Waals surface area contributed by atoms with Crippen molar-refractivity contribution in [1.82, 2.24) is 4.98 Å². The number of amides is 1. The lowest BCUT2D eigenvalue weighted by Gasteiger charge is -2.02. The van der Waals surface area contributed by atoms with E-state index >= 15 is 0 Å². The molecule has 0 bridgehead atoms. The second-order valence-corrected chi connectivity index (χ2v) is 7.30. The predicted molar refractivity (Wildman–Crippen MR) is 104 cm³/mol. The number of hydrogen-bond donors (Lipinski definition) is 1. The number of furan rings is 1. The van der Waals surface area contributed by atoms with Gasteiger partial charge >= 0.3 is 0 Å². The largest absolute Gasteiger partial charge is 0.497 e. The van der Waals surface area contributed by atoms with E-state index in [4.69, 9.17) is 9.15 Å². The zero-order valence-electron chi connectivity index (χ0n) is 14.8. The molecular weight excluding hydrogens is 348 g/mol. The fourth-order valence-corrected chi connectivity index (χ4v) is 3.81. The highest BCUT2D eigenvalue weighted by atomic mass is 32.1. The summed E-state index contributed by atoms with van der Waals surface area (Å²) in [6, 6.07) is 9.73. The summed E-state index contributed by atoms with van der Waals surface area (Å²) in [5, 5.41) is 4.45. The topological polar surface area (TPSA) is 64.4 Å². The van der Waals surface area contributed by atoms with Gasteiger partial charge in [-0.05, 0) is 55.3 Å². The number of hydrogen-bond acceptors (Lipinski definition) is 5. The molecule has 2 aromatic carbocycles. The number of fused-ring (bicyclic) bond motifs is 2. The van der Waals surface area contributed by atoms with Gasteiger partial charge in [-0.25, -0.2) is 4.98 Å². The number of anilines is 1. The number of carbonyl (C=O) groups excluding carboxylic acids is 1. The third kappa shape index (κ3) is 3.04. The second kappa shape index (κ2) is 6.46. The molecule has 0 aliphatic carbocycles. The van der Waals surface area contributed by atoms with Gasteiger partial charge in [-0.2, -0.15) is 0 Å². The molecule has 0 spiro atoms. The molecule has 4 rings (SSSR count). The highest BCUT2D eigenvalue weighted by Gasteiger charge is 2.14. The first-order valence-electron chi connectivity index (χ1n) is 8.25. The fraction of sp³-hybridized carbons (Fsp3) is 0.200. The Morgan fingerprint density at radius 3 is 2.85 bits per heavy atom. The minimum atomic E-state index is -0.114. The first-order valence-corrected chi connectivity index (χ1v) is 9.07. The minimum absolute atomic E-state index is 0.114. The lowest BCUT2D eigenvalue weighted by molar-refractivity contribution is -0.115. The number of thiazole rings is 1. The standard InChI is InChI=1S/C20H18N2O3S/c1-11-6-15-13(10-25-17(15)7-12(11)2)8-19(23)22-20-21-16-5-4-14(24-3)9-18(16)26-20/h4-7,9-10H,8H2,1-3H3,(H,21,22,23). The van der Waals surface area contributed by atoms with Crippen LogP contribution >= 0.6 is 11.3 Å². The Morgan fingerprint density at radius 1 is 1.23 bits per heavy atom. The van der Waals surface area contributed by atoms with Crippen molar-refractivity contribution >= 4 is 43.6 Å². The molecule has 0 fully saturated rings. The molecule has 0 aliphatic rings. The summed E-state index contributed by atoms with van der Waals surface area (Å²) in [7, 11) is 1.63. The number of rotatable bonds is 4. The number of methoxy groups -OCH3 is 1. The first-order chi connectivity index (χ1) is 12.5. The van der Waals surface area contributed by atoms with Crippen LogP contribution in [0.25, 0.3) is 21.2 Å². The van der Waals surface area contributed by atoms with Gasteiger partial charge in [-0.3, -0.25) is 4.79 Å². The van der Waals surface area contributed by atoms with Crippen LogP contribution in [0.4, 0.5) is 5.13 Å². The van der Waals surface area contributed by atoms with E-state index in [1.165, 1.54) is 22.5 Å². The molecule has 0 radical (unpaired) electrons. The number of carbonyl (C=O) groups is 1. The number of nitrogens with zero attached hydrogens (tertiary/aromatic N) is 1. The van der Waals surface area contributed by atoms with Crippen LogP contribution in [0.5, 0.6) is 5.75 Å². The van der Waals surface area contributed by atoms with Gasteiger partial charge in [-0.15, -0.1) is 0 Å². The second-order valence-electron chi connectivity index (χ2n) is 6.27. The zero-order chi connectivity index (χ0) is 18.3. The number of benzene rings is 2. The van der Waals surface area contributed by atoms with E-state index in [2.05, 4.69) is 23.3 Å². The van der Waals surface area contributed by atoms with Gasteiger partial charge in [0.1, 0.15) is 11.3 Å². The van der Waals surface area contributed by atoms with Crippen LogP contribution in [0.2, 0.25) is 0 Å². The molecule has 132 valence electrons. The van der Waals surface area contributed by atoms with Gasteiger partial charge in [0.2, 0.25) is 5.91 Å². The first kappa shape index (κ1) is 16.6. The smallest absolute Gasteiger partial charge is 0.230 e. The van der Waals surface area contributed by atoms with Gasteiger partial charge in [0.25, 0.3) is 0 Å². The van der Waals surface area contributed by atoms with Crippen LogP contribution in [0.15, 0.2) is 41.0 Å². The Labute approximate surface area is 154 Å². The Kier molecular flexibility index (Phi) is 4.12. The summed E-state index contributed by atoms with van der Waals surface area (Å²) >= 11 is 1.43. The summed E-state index contributed by atoms with van der Waals surface area (Å²) < 4.78 is 11.8. The van der Waals surface area contributed by atoms with E-state index in [1.807, 2.05) is 31.2 Å². The van der Waals surface area contributed by atoms with Gasteiger partial charge in [-0.1, -0.05) is 11.3 Å². The van der Waals surface area contributed by atoms with Crippen molar-refractivity contribution in [2.75, 3.05) is 12.4 Å². The lowest BCUT2D eigenvalue weighted by Crippen LogP contribution is -2.13. The van der Waals surface area contributed by atoms with Crippen LogP contribution in [0.1, 0.15) is 16.7 Å². The Hall–Kier alpha value is -2.86. The van der Waals surface area contributed by atoms with E-state index < -0.39 is 0 Å². The highest BCUT2D eigenvalue weighted by molar-refractivity contribution is 7.22. The molecule has 5 nitrogen and oxygen atoms in total.